The highest BCUT2D eigenvalue weighted by molar-refractivity contribution is 5.94. The van der Waals surface area contributed by atoms with Crippen LogP contribution in [0, 0.1) is 11.8 Å². The van der Waals surface area contributed by atoms with Crippen molar-refractivity contribution < 1.29 is 9.90 Å². The number of amides is 1. The molecule has 0 saturated heterocycles. The number of hydrogen-bond donors (Lipinski definition) is 2. The summed E-state index contributed by atoms with van der Waals surface area (Å²) in [5.74, 6) is 5.33. The van der Waals surface area contributed by atoms with Crippen molar-refractivity contribution in [3.8, 4) is 11.8 Å². The lowest BCUT2D eigenvalue weighted by Gasteiger charge is -2.05. The number of nitrogens with one attached hydrogen (secondary N) is 1. The van der Waals surface area contributed by atoms with Crippen molar-refractivity contribution >= 4 is 5.91 Å². The number of benzene rings is 1. The molecule has 0 bridgehead atoms. The van der Waals surface area contributed by atoms with E-state index in [9.17, 15) is 4.79 Å². The largest absolute Gasteiger partial charge is 0.384 e. The first kappa shape index (κ1) is 17.3. The van der Waals surface area contributed by atoms with E-state index >= 15 is 0 Å². The molecule has 1 aromatic carbocycles. The quantitative estimate of drug-likeness (QED) is 0.570. The van der Waals surface area contributed by atoms with Gasteiger partial charge in [-0.15, -0.1) is 0 Å². The third kappa shape index (κ3) is 7.53. The maximum atomic E-state index is 12.0. The number of aliphatic hydroxyl groups excluding tert-OH is 1. The Bertz CT molecular complexity index is 485. The summed E-state index contributed by atoms with van der Waals surface area (Å²) in [5.41, 5.74) is 1.36. The highest BCUT2D eigenvalue weighted by Gasteiger charge is 2.04. The van der Waals surface area contributed by atoms with E-state index < -0.39 is 0 Å². The van der Waals surface area contributed by atoms with Crippen molar-refractivity contribution in [3.63, 3.8) is 0 Å². The van der Waals surface area contributed by atoms with E-state index in [1.54, 1.807) is 18.2 Å². The van der Waals surface area contributed by atoms with Gasteiger partial charge in [0.15, 0.2) is 0 Å². The van der Waals surface area contributed by atoms with Crippen LogP contribution in [0.2, 0.25) is 0 Å². The summed E-state index contributed by atoms with van der Waals surface area (Å²) in [6, 6.07) is 7.16. The number of rotatable bonds is 8. The Labute approximate surface area is 127 Å². The van der Waals surface area contributed by atoms with Crippen LogP contribution in [-0.4, -0.2) is 24.2 Å². The molecule has 0 radical (unpaired) electrons. The Morgan fingerprint density at radius 3 is 2.71 bits per heavy atom. The van der Waals surface area contributed by atoms with Crippen molar-refractivity contribution in [1.82, 2.24) is 5.32 Å². The van der Waals surface area contributed by atoms with E-state index in [-0.39, 0.29) is 12.5 Å². The standard InChI is InChI=1S/C18H25NO2/c1-2-3-4-5-6-7-13-19-18(21)17-12-8-10-16(15-17)11-9-14-20/h8,10,12,15,20H,2-7,13-14H2,1H3,(H,19,21). The molecule has 0 aromatic heterocycles. The first-order valence-corrected chi connectivity index (χ1v) is 7.76. The molecule has 1 rings (SSSR count). The fourth-order valence-corrected chi connectivity index (χ4v) is 2.09. The molecule has 0 fully saturated rings. The van der Waals surface area contributed by atoms with Crippen LogP contribution in [-0.2, 0) is 0 Å². The van der Waals surface area contributed by atoms with Crippen LogP contribution < -0.4 is 5.32 Å². The Morgan fingerprint density at radius 2 is 1.95 bits per heavy atom. The number of carbonyl (C=O) groups excluding carboxylic acids is 1. The number of hydrogen-bond acceptors (Lipinski definition) is 2. The van der Waals surface area contributed by atoms with Gasteiger partial charge < -0.3 is 10.4 Å². The Morgan fingerprint density at radius 1 is 1.19 bits per heavy atom. The fourth-order valence-electron chi connectivity index (χ4n) is 2.09. The van der Waals surface area contributed by atoms with E-state index in [0.29, 0.717) is 5.56 Å². The molecule has 0 atom stereocenters. The van der Waals surface area contributed by atoms with E-state index in [1.165, 1.54) is 32.1 Å². The summed E-state index contributed by atoms with van der Waals surface area (Å²) in [5, 5.41) is 11.6. The van der Waals surface area contributed by atoms with Gasteiger partial charge in [-0.25, -0.2) is 0 Å². The molecule has 0 aliphatic rings. The Balaban J connectivity index is 2.32. The second kappa shape index (κ2) is 10.9. The average Bonchev–Trinajstić information content (AvgIpc) is 2.52. The van der Waals surface area contributed by atoms with Gasteiger partial charge in [-0.1, -0.05) is 56.9 Å². The molecule has 0 saturated carbocycles. The SMILES string of the molecule is CCCCCCCCNC(=O)c1cccc(C#CCO)c1. The molecular formula is C18H25NO2. The molecule has 114 valence electrons. The van der Waals surface area contributed by atoms with E-state index in [2.05, 4.69) is 24.1 Å². The van der Waals surface area contributed by atoms with E-state index in [1.807, 2.05) is 6.07 Å². The van der Waals surface area contributed by atoms with Crippen molar-refractivity contribution in [2.45, 2.75) is 45.4 Å². The monoisotopic (exact) mass is 287 g/mol. The highest BCUT2D eigenvalue weighted by Crippen LogP contribution is 2.06. The molecule has 1 amide bonds. The molecule has 0 aliphatic heterocycles. The van der Waals surface area contributed by atoms with Gasteiger partial charge in [0.1, 0.15) is 6.61 Å². The summed E-state index contributed by atoms with van der Waals surface area (Å²) in [6.07, 6.45) is 7.29. The number of unbranched alkanes of at least 4 members (excludes halogenated alkanes) is 5. The maximum Gasteiger partial charge on any atom is 0.251 e. The summed E-state index contributed by atoms with van der Waals surface area (Å²) in [7, 11) is 0. The van der Waals surface area contributed by atoms with Crippen LogP contribution in [0.4, 0.5) is 0 Å². The third-order valence-electron chi connectivity index (χ3n) is 3.25. The molecule has 21 heavy (non-hydrogen) atoms. The topological polar surface area (TPSA) is 49.3 Å². The second-order valence-electron chi connectivity index (χ2n) is 5.06. The first-order valence-electron chi connectivity index (χ1n) is 7.76. The van der Waals surface area contributed by atoms with Gasteiger partial charge >= 0.3 is 0 Å². The Kier molecular flexibility index (Phi) is 8.99. The van der Waals surface area contributed by atoms with Crippen LogP contribution in [0.25, 0.3) is 0 Å². The summed E-state index contributed by atoms with van der Waals surface area (Å²) < 4.78 is 0. The molecule has 0 spiro atoms. The van der Waals surface area contributed by atoms with Crippen molar-refractivity contribution in [2.24, 2.45) is 0 Å². The fraction of sp³-hybridized carbons (Fsp3) is 0.500. The first-order chi connectivity index (χ1) is 10.3. The van der Waals surface area contributed by atoms with Gasteiger partial charge in [-0.05, 0) is 24.6 Å². The lowest BCUT2D eigenvalue weighted by molar-refractivity contribution is 0.0953. The van der Waals surface area contributed by atoms with Crippen LogP contribution in [0.1, 0.15) is 61.4 Å². The molecular weight excluding hydrogens is 262 g/mol. The van der Waals surface area contributed by atoms with Crippen LogP contribution in [0.5, 0.6) is 0 Å². The summed E-state index contributed by atoms with van der Waals surface area (Å²) >= 11 is 0. The minimum Gasteiger partial charge on any atom is -0.384 e. The maximum absolute atomic E-state index is 12.0. The van der Waals surface area contributed by atoms with Gasteiger partial charge in [-0.3, -0.25) is 4.79 Å². The van der Waals surface area contributed by atoms with Gasteiger partial charge in [0.2, 0.25) is 0 Å². The minimum absolute atomic E-state index is 0.0591. The third-order valence-corrected chi connectivity index (χ3v) is 3.25. The normalized spacial score (nSPS) is 9.81. The Hall–Kier alpha value is -1.79. The smallest absolute Gasteiger partial charge is 0.251 e. The predicted octanol–water partition coefficient (Wildman–Crippen LogP) is 3.12. The molecule has 2 N–H and O–H groups in total. The molecule has 0 aliphatic carbocycles. The van der Waals surface area contributed by atoms with Crippen LogP contribution >= 0.6 is 0 Å². The number of aliphatic hydroxyl groups is 1. The van der Waals surface area contributed by atoms with Crippen LogP contribution in [0.15, 0.2) is 24.3 Å². The second-order valence-corrected chi connectivity index (χ2v) is 5.06. The molecule has 0 heterocycles. The zero-order valence-electron chi connectivity index (χ0n) is 12.8. The average molecular weight is 287 g/mol. The highest BCUT2D eigenvalue weighted by atomic mass is 16.2. The van der Waals surface area contributed by atoms with E-state index in [4.69, 9.17) is 5.11 Å². The predicted molar refractivity (Wildman–Crippen MR) is 86.1 cm³/mol. The zero-order chi connectivity index (χ0) is 15.3. The van der Waals surface area contributed by atoms with Crippen molar-refractivity contribution in [1.29, 1.82) is 0 Å². The molecule has 1 aromatic rings. The van der Waals surface area contributed by atoms with Gasteiger partial charge in [0.05, 0.1) is 0 Å². The van der Waals surface area contributed by atoms with Crippen LogP contribution in [0.3, 0.4) is 0 Å². The van der Waals surface area contributed by atoms with Crippen molar-refractivity contribution in [2.75, 3.05) is 13.2 Å². The minimum atomic E-state index is -0.172. The van der Waals surface area contributed by atoms with E-state index in [0.717, 1.165) is 18.5 Å². The zero-order valence-corrected chi connectivity index (χ0v) is 12.8. The van der Waals surface area contributed by atoms with Gasteiger partial charge in [-0.2, -0.15) is 0 Å². The molecule has 0 unspecified atom stereocenters. The van der Waals surface area contributed by atoms with Crippen molar-refractivity contribution in [3.05, 3.63) is 35.4 Å². The summed E-state index contributed by atoms with van der Waals surface area (Å²) in [6.45, 7) is 2.76. The van der Waals surface area contributed by atoms with Gasteiger partial charge in [0.25, 0.3) is 5.91 Å². The lowest BCUT2D eigenvalue weighted by Crippen LogP contribution is -2.24. The molecule has 3 nitrogen and oxygen atoms in total. The molecule has 3 heteroatoms. The number of carbonyl (C=O) groups is 1. The lowest BCUT2D eigenvalue weighted by atomic mass is 10.1. The summed E-state index contributed by atoms with van der Waals surface area (Å²) in [4.78, 5) is 12.0. The van der Waals surface area contributed by atoms with Gasteiger partial charge in [0, 0.05) is 17.7 Å².